The number of hydrogen-bond donors (Lipinski definition) is 1. The predicted octanol–water partition coefficient (Wildman–Crippen LogP) is 3.00. The van der Waals surface area contributed by atoms with Gasteiger partial charge >= 0.3 is 0 Å². The molecule has 5 nitrogen and oxygen atoms in total. The molecule has 1 saturated heterocycles. The smallest absolute Gasteiger partial charge is 0.184 e. The molecular formula is C14H34O5Si3. The summed E-state index contributed by atoms with van der Waals surface area (Å²) >= 11 is 0. The Labute approximate surface area is 138 Å². The van der Waals surface area contributed by atoms with E-state index in [1.54, 1.807) is 0 Å². The molecule has 1 rings (SSSR count). The number of rotatable bonds is 6. The zero-order chi connectivity index (χ0) is 17.3. The van der Waals surface area contributed by atoms with Crippen LogP contribution in [0.1, 0.15) is 0 Å². The van der Waals surface area contributed by atoms with E-state index in [0.717, 1.165) is 0 Å². The standard InChI is InChI=1S/C14H34O5Si3/c1-20(2,3)17-11-10-16-14(15)13(19-22(7,8)9)12(11)18-21(4,5)6/h11-15H,10H2,1-9H3. The first-order valence-electron chi connectivity index (χ1n) is 8.01. The van der Waals surface area contributed by atoms with Gasteiger partial charge in [0.2, 0.25) is 0 Å². The molecule has 1 heterocycles. The van der Waals surface area contributed by atoms with Crippen LogP contribution in [0.5, 0.6) is 0 Å². The monoisotopic (exact) mass is 366 g/mol. The number of aliphatic hydroxyl groups is 1. The molecule has 0 amide bonds. The lowest BCUT2D eigenvalue weighted by atomic mass is 10.1. The van der Waals surface area contributed by atoms with Crippen molar-refractivity contribution >= 4 is 25.0 Å². The molecule has 1 aliphatic heterocycles. The van der Waals surface area contributed by atoms with E-state index in [0.29, 0.717) is 6.61 Å². The highest BCUT2D eigenvalue weighted by molar-refractivity contribution is 6.70. The van der Waals surface area contributed by atoms with Gasteiger partial charge < -0.3 is 23.1 Å². The summed E-state index contributed by atoms with van der Waals surface area (Å²) in [5, 5.41) is 10.3. The first kappa shape index (κ1) is 20.5. The molecule has 8 heteroatoms. The Morgan fingerprint density at radius 2 is 1.14 bits per heavy atom. The van der Waals surface area contributed by atoms with Crippen LogP contribution in [0, 0.1) is 0 Å². The topological polar surface area (TPSA) is 57.2 Å². The molecule has 22 heavy (non-hydrogen) atoms. The van der Waals surface area contributed by atoms with Crippen LogP contribution in [0.2, 0.25) is 58.9 Å². The lowest BCUT2D eigenvalue weighted by Gasteiger charge is -2.46. The van der Waals surface area contributed by atoms with Crippen molar-refractivity contribution in [2.24, 2.45) is 0 Å². The molecule has 0 aromatic heterocycles. The molecular weight excluding hydrogens is 332 g/mol. The fraction of sp³-hybridized carbons (Fsp3) is 1.00. The second-order valence-corrected chi connectivity index (χ2v) is 22.3. The fourth-order valence-electron chi connectivity index (χ4n) is 2.40. The molecule has 4 unspecified atom stereocenters. The van der Waals surface area contributed by atoms with E-state index in [-0.39, 0.29) is 12.2 Å². The summed E-state index contributed by atoms with van der Waals surface area (Å²) in [7, 11) is -5.39. The number of ether oxygens (including phenoxy) is 1. The van der Waals surface area contributed by atoms with E-state index in [1.807, 2.05) is 0 Å². The molecule has 0 radical (unpaired) electrons. The molecule has 0 bridgehead atoms. The van der Waals surface area contributed by atoms with Crippen molar-refractivity contribution in [3.05, 3.63) is 0 Å². The quantitative estimate of drug-likeness (QED) is 0.732. The van der Waals surface area contributed by atoms with Crippen LogP contribution in [0.15, 0.2) is 0 Å². The Morgan fingerprint density at radius 3 is 1.55 bits per heavy atom. The van der Waals surface area contributed by atoms with Gasteiger partial charge in [-0.15, -0.1) is 0 Å². The number of hydrogen-bond acceptors (Lipinski definition) is 5. The van der Waals surface area contributed by atoms with Crippen LogP contribution in [0.3, 0.4) is 0 Å². The van der Waals surface area contributed by atoms with Crippen molar-refractivity contribution in [3.8, 4) is 0 Å². The molecule has 0 aromatic rings. The van der Waals surface area contributed by atoms with E-state index in [4.69, 9.17) is 18.0 Å². The summed E-state index contributed by atoms with van der Waals surface area (Å²) in [5.41, 5.74) is 0. The van der Waals surface area contributed by atoms with E-state index in [1.165, 1.54) is 0 Å². The summed E-state index contributed by atoms with van der Waals surface area (Å²) in [6.45, 7) is 19.6. The van der Waals surface area contributed by atoms with Crippen LogP contribution in [-0.2, 0) is 18.0 Å². The highest BCUT2D eigenvalue weighted by atomic mass is 28.4. The van der Waals surface area contributed by atoms with Gasteiger partial charge in [-0.05, 0) is 58.9 Å². The highest BCUT2D eigenvalue weighted by Gasteiger charge is 2.46. The zero-order valence-corrected chi connectivity index (χ0v) is 18.6. The van der Waals surface area contributed by atoms with Crippen molar-refractivity contribution < 1.29 is 23.1 Å². The van der Waals surface area contributed by atoms with Crippen LogP contribution >= 0.6 is 0 Å². The molecule has 4 atom stereocenters. The third-order valence-electron chi connectivity index (χ3n) is 2.89. The van der Waals surface area contributed by atoms with E-state index >= 15 is 0 Å². The molecule has 1 N–H and O–H groups in total. The Bertz CT molecular complexity index is 359. The first-order chi connectivity index (χ1) is 9.68. The van der Waals surface area contributed by atoms with Gasteiger partial charge in [-0.2, -0.15) is 0 Å². The highest BCUT2D eigenvalue weighted by Crippen LogP contribution is 2.29. The largest absolute Gasteiger partial charge is 0.410 e. The third kappa shape index (κ3) is 7.35. The average molecular weight is 367 g/mol. The minimum Gasteiger partial charge on any atom is -0.410 e. The van der Waals surface area contributed by atoms with Crippen molar-refractivity contribution in [2.45, 2.75) is 83.5 Å². The maximum absolute atomic E-state index is 10.3. The van der Waals surface area contributed by atoms with E-state index < -0.39 is 37.3 Å². The Kier molecular flexibility index (Phi) is 6.65. The summed E-state index contributed by atoms with van der Waals surface area (Å²) in [4.78, 5) is 0. The van der Waals surface area contributed by atoms with Gasteiger partial charge in [0.25, 0.3) is 0 Å². The second-order valence-electron chi connectivity index (χ2n) is 8.88. The van der Waals surface area contributed by atoms with Crippen molar-refractivity contribution in [2.75, 3.05) is 6.61 Å². The van der Waals surface area contributed by atoms with E-state index in [9.17, 15) is 5.11 Å². The van der Waals surface area contributed by atoms with Gasteiger partial charge in [-0.1, -0.05) is 0 Å². The summed E-state index contributed by atoms with van der Waals surface area (Å²) in [6.07, 6.45) is -1.87. The maximum Gasteiger partial charge on any atom is 0.184 e. The van der Waals surface area contributed by atoms with Gasteiger partial charge in [-0.3, -0.25) is 0 Å². The van der Waals surface area contributed by atoms with Crippen molar-refractivity contribution in [3.63, 3.8) is 0 Å². The zero-order valence-electron chi connectivity index (χ0n) is 15.6. The molecule has 1 fully saturated rings. The maximum atomic E-state index is 10.3. The Morgan fingerprint density at radius 1 is 0.727 bits per heavy atom. The van der Waals surface area contributed by atoms with Crippen molar-refractivity contribution in [1.29, 1.82) is 0 Å². The summed E-state index contributed by atoms with van der Waals surface area (Å²) in [6, 6.07) is 0. The fourth-order valence-corrected chi connectivity index (χ4v) is 5.68. The lowest BCUT2D eigenvalue weighted by molar-refractivity contribution is -0.240. The van der Waals surface area contributed by atoms with Crippen LogP contribution in [0.25, 0.3) is 0 Å². The van der Waals surface area contributed by atoms with Crippen LogP contribution in [0.4, 0.5) is 0 Å². The van der Waals surface area contributed by atoms with Gasteiger partial charge in [0.15, 0.2) is 31.2 Å². The minimum absolute atomic E-state index is 0.178. The predicted molar refractivity (Wildman–Crippen MR) is 96.6 cm³/mol. The van der Waals surface area contributed by atoms with Crippen LogP contribution in [-0.4, -0.2) is 61.3 Å². The lowest BCUT2D eigenvalue weighted by Crippen LogP contribution is -2.61. The summed E-state index contributed by atoms with van der Waals surface area (Å²) < 4.78 is 24.3. The number of aliphatic hydroxyl groups excluding tert-OH is 1. The second kappa shape index (κ2) is 7.14. The third-order valence-corrected chi connectivity index (χ3v) is 5.86. The molecule has 0 aliphatic carbocycles. The Balaban J connectivity index is 3.01. The Hall–Kier alpha value is 0.451. The molecule has 0 saturated carbocycles. The molecule has 132 valence electrons. The molecule has 0 spiro atoms. The first-order valence-corrected chi connectivity index (χ1v) is 18.2. The average Bonchev–Trinajstić information content (AvgIpc) is 2.22. The van der Waals surface area contributed by atoms with Crippen molar-refractivity contribution in [1.82, 2.24) is 0 Å². The normalized spacial score (nSPS) is 31.4. The van der Waals surface area contributed by atoms with Gasteiger partial charge in [-0.25, -0.2) is 0 Å². The minimum atomic E-state index is -1.84. The SMILES string of the molecule is C[Si](C)(C)OC1COC(O)C(O[Si](C)(C)C)C1O[Si](C)(C)C. The molecule has 0 aromatic carbocycles. The van der Waals surface area contributed by atoms with Gasteiger partial charge in [0, 0.05) is 0 Å². The molecule has 1 aliphatic rings. The van der Waals surface area contributed by atoms with Gasteiger partial charge in [0.1, 0.15) is 12.2 Å². The van der Waals surface area contributed by atoms with Crippen LogP contribution < -0.4 is 0 Å². The summed E-state index contributed by atoms with van der Waals surface area (Å²) in [5.74, 6) is 0. The van der Waals surface area contributed by atoms with Gasteiger partial charge in [0.05, 0.1) is 12.7 Å². The van der Waals surface area contributed by atoms with E-state index in [2.05, 4.69) is 58.9 Å².